The first kappa shape index (κ1) is 15.3. The molecule has 3 heteroatoms. The summed E-state index contributed by atoms with van der Waals surface area (Å²) in [6.07, 6.45) is 3.85. The third kappa shape index (κ3) is 3.97. The second kappa shape index (κ2) is 7.65. The lowest BCUT2D eigenvalue weighted by atomic mass is 10.0. The molecule has 20 heavy (non-hydrogen) atoms. The minimum Gasteiger partial charge on any atom is -0.309 e. The summed E-state index contributed by atoms with van der Waals surface area (Å²) in [5.41, 5.74) is 1.37. The molecule has 0 spiro atoms. The van der Waals surface area contributed by atoms with Crippen LogP contribution < -0.4 is 5.32 Å². The second-order valence-corrected chi connectivity index (χ2v) is 6.56. The highest BCUT2D eigenvalue weighted by molar-refractivity contribution is 7.99. The van der Waals surface area contributed by atoms with E-state index in [9.17, 15) is 0 Å². The SMILES string of the molecule is CCNC(CSCC(C)C)c1cccc2ccncc12. The Kier molecular flexibility index (Phi) is 5.86. The Labute approximate surface area is 126 Å². The summed E-state index contributed by atoms with van der Waals surface area (Å²) in [7, 11) is 0. The lowest BCUT2D eigenvalue weighted by Gasteiger charge is -2.20. The summed E-state index contributed by atoms with van der Waals surface area (Å²) < 4.78 is 0. The van der Waals surface area contributed by atoms with E-state index in [1.165, 1.54) is 22.1 Å². The number of fused-ring (bicyclic) bond motifs is 1. The average molecular weight is 288 g/mol. The molecule has 2 nitrogen and oxygen atoms in total. The first-order chi connectivity index (χ1) is 9.72. The molecule has 0 fully saturated rings. The zero-order valence-corrected chi connectivity index (χ0v) is 13.4. The summed E-state index contributed by atoms with van der Waals surface area (Å²) >= 11 is 2.03. The molecule has 0 aliphatic rings. The number of hydrogen-bond donors (Lipinski definition) is 1. The number of hydrogen-bond acceptors (Lipinski definition) is 3. The smallest absolute Gasteiger partial charge is 0.0418 e. The van der Waals surface area contributed by atoms with E-state index in [1.54, 1.807) is 0 Å². The first-order valence-electron chi connectivity index (χ1n) is 7.36. The average Bonchev–Trinajstić information content (AvgIpc) is 2.45. The Bertz CT molecular complexity index is 534. The molecule has 108 valence electrons. The molecule has 0 aliphatic heterocycles. The summed E-state index contributed by atoms with van der Waals surface area (Å²) in [6.45, 7) is 7.71. The van der Waals surface area contributed by atoms with Crippen molar-refractivity contribution in [3.63, 3.8) is 0 Å². The molecule has 1 aromatic heterocycles. The third-order valence-corrected chi connectivity index (χ3v) is 4.75. The van der Waals surface area contributed by atoms with Crippen molar-refractivity contribution in [1.82, 2.24) is 10.3 Å². The van der Waals surface area contributed by atoms with E-state index < -0.39 is 0 Å². The lowest BCUT2D eigenvalue weighted by molar-refractivity contribution is 0.608. The minimum absolute atomic E-state index is 0.400. The number of rotatable bonds is 7. The van der Waals surface area contributed by atoms with Crippen molar-refractivity contribution >= 4 is 22.5 Å². The van der Waals surface area contributed by atoms with Gasteiger partial charge in [-0.15, -0.1) is 0 Å². The molecule has 1 heterocycles. The Morgan fingerprint density at radius 1 is 1.20 bits per heavy atom. The van der Waals surface area contributed by atoms with E-state index in [-0.39, 0.29) is 0 Å². The van der Waals surface area contributed by atoms with Gasteiger partial charge in [-0.3, -0.25) is 4.98 Å². The van der Waals surface area contributed by atoms with Gasteiger partial charge in [-0.2, -0.15) is 11.8 Å². The molecule has 1 atom stereocenters. The van der Waals surface area contributed by atoms with Crippen LogP contribution in [0.4, 0.5) is 0 Å². The Morgan fingerprint density at radius 3 is 2.80 bits per heavy atom. The normalized spacial score (nSPS) is 13.0. The maximum atomic E-state index is 4.29. The van der Waals surface area contributed by atoms with E-state index in [2.05, 4.69) is 55.3 Å². The topological polar surface area (TPSA) is 24.9 Å². The maximum absolute atomic E-state index is 4.29. The molecule has 0 aliphatic carbocycles. The molecule has 0 saturated carbocycles. The number of pyridine rings is 1. The number of thioether (sulfide) groups is 1. The van der Waals surface area contributed by atoms with E-state index >= 15 is 0 Å². The van der Waals surface area contributed by atoms with Gasteiger partial charge >= 0.3 is 0 Å². The van der Waals surface area contributed by atoms with E-state index in [1.807, 2.05) is 24.2 Å². The molecule has 2 rings (SSSR count). The number of nitrogens with zero attached hydrogens (tertiary/aromatic N) is 1. The molecular formula is C17H24N2S. The molecule has 1 aromatic carbocycles. The molecule has 1 unspecified atom stereocenters. The van der Waals surface area contributed by atoms with Crippen molar-refractivity contribution in [2.75, 3.05) is 18.1 Å². The Morgan fingerprint density at radius 2 is 2.05 bits per heavy atom. The Balaban J connectivity index is 2.22. The monoisotopic (exact) mass is 288 g/mol. The van der Waals surface area contributed by atoms with Gasteiger partial charge in [-0.25, -0.2) is 0 Å². The molecule has 0 radical (unpaired) electrons. The van der Waals surface area contributed by atoms with Crippen molar-refractivity contribution < 1.29 is 0 Å². The maximum Gasteiger partial charge on any atom is 0.0418 e. The van der Waals surface area contributed by atoms with Crippen LogP contribution in [0.3, 0.4) is 0 Å². The second-order valence-electron chi connectivity index (χ2n) is 5.49. The predicted octanol–water partition coefficient (Wildman–Crippen LogP) is 4.27. The molecule has 0 bridgehead atoms. The van der Waals surface area contributed by atoms with E-state index in [4.69, 9.17) is 0 Å². The summed E-state index contributed by atoms with van der Waals surface area (Å²) in [5, 5.41) is 6.16. The Hall–Kier alpha value is -1.06. The predicted molar refractivity (Wildman–Crippen MR) is 90.3 cm³/mol. The van der Waals surface area contributed by atoms with E-state index in [0.717, 1.165) is 18.2 Å². The quantitative estimate of drug-likeness (QED) is 0.823. The summed E-state index contributed by atoms with van der Waals surface area (Å²) in [6, 6.07) is 9.02. The van der Waals surface area contributed by atoms with Crippen LogP contribution in [0.2, 0.25) is 0 Å². The highest BCUT2D eigenvalue weighted by Crippen LogP contribution is 2.26. The van der Waals surface area contributed by atoms with Crippen molar-refractivity contribution in [1.29, 1.82) is 0 Å². The fraction of sp³-hybridized carbons (Fsp3) is 0.471. The van der Waals surface area contributed by atoms with Crippen molar-refractivity contribution in [2.45, 2.75) is 26.8 Å². The third-order valence-electron chi connectivity index (χ3n) is 3.28. The fourth-order valence-electron chi connectivity index (χ4n) is 2.37. The zero-order valence-electron chi connectivity index (χ0n) is 12.6. The van der Waals surface area contributed by atoms with Crippen LogP contribution >= 0.6 is 11.8 Å². The van der Waals surface area contributed by atoms with Gasteiger partial charge < -0.3 is 5.32 Å². The molecule has 2 aromatic rings. The highest BCUT2D eigenvalue weighted by atomic mass is 32.2. The van der Waals surface area contributed by atoms with Crippen molar-refractivity contribution in [3.05, 3.63) is 42.2 Å². The van der Waals surface area contributed by atoms with Gasteiger partial charge in [0.05, 0.1) is 0 Å². The van der Waals surface area contributed by atoms with Crippen LogP contribution in [-0.4, -0.2) is 23.0 Å². The standard InChI is InChI=1S/C17H24N2S/c1-4-19-17(12-20-11-13(2)3)15-7-5-6-14-8-9-18-10-16(14)15/h5-10,13,17,19H,4,11-12H2,1-3H3. The summed E-state index contributed by atoms with van der Waals surface area (Å²) in [4.78, 5) is 4.29. The van der Waals surface area contributed by atoms with Gasteiger partial charge in [-0.1, -0.05) is 39.0 Å². The van der Waals surface area contributed by atoms with Gasteiger partial charge in [0.25, 0.3) is 0 Å². The number of benzene rings is 1. The van der Waals surface area contributed by atoms with Crippen molar-refractivity contribution in [3.8, 4) is 0 Å². The van der Waals surface area contributed by atoms with Gasteiger partial charge in [0, 0.05) is 29.6 Å². The molecular weight excluding hydrogens is 264 g/mol. The van der Waals surface area contributed by atoms with Gasteiger partial charge in [0.2, 0.25) is 0 Å². The lowest BCUT2D eigenvalue weighted by Crippen LogP contribution is -2.23. The van der Waals surface area contributed by atoms with Crippen LogP contribution in [0.15, 0.2) is 36.7 Å². The molecule has 1 N–H and O–H groups in total. The molecule has 0 saturated heterocycles. The largest absolute Gasteiger partial charge is 0.309 e. The van der Waals surface area contributed by atoms with Crippen LogP contribution in [0, 0.1) is 5.92 Å². The molecule has 0 amide bonds. The minimum atomic E-state index is 0.400. The van der Waals surface area contributed by atoms with Crippen molar-refractivity contribution in [2.24, 2.45) is 5.92 Å². The first-order valence-corrected chi connectivity index (χ1v) is 8.51. The van der Waals surface area contributed by atoms with Crippen LogP contribution in [0.5, 0.6) is 0 Å². The van der Waals surface area contributed by atoms with Gasteiger partial charge in [-0.05, 0) is 35.2 Å². The van der Waals surface area contributed by atoms with E-state index in [0.29, 0.717) is 6.04 Å². The number of nitrogens with one attached hydrogen (secondary N) is 1. The van der Waals surface area contributed by atoms with Crippen LogP contribution in [-0.2, 0) is 0 Å². The van der Waals surface area contributed by atoms with Gasteiger partial charge in [0.1, 0.15) is 0 Å². The summed E-state index contributed by atoms with van der Waals surface area (Å²) in [5.74, 6) is 3.07. The van der Waals surface area contributed by atoms with Crippen LogP contribution in [0.1, 0.15) is 32.4 Å². The number of aromatic nitrogens is 1. The zero-order chi connectivity index (χ0) is 14.4. The fourth-order valence-corrected chi connectivity index (χ4v) is 3.51. The van der Waals surface area contributed by atoms with Crippen LogP contribution in [0.25, 0.3) is 10.8 Å². The van der Waals surface area contributed by atoms with Gasteiger partial charge in [0.15, 0.2) is 0 Å². The highest BCUT2D eigenvalue weighted by Gasteiger charge is 2.13.